The molecule has 0 aromatic carbocycles. The minimum absolute atomic E-state index is 0.0203. The van der Waals surface area contributed by atoms with Crippen LogP contribution >= 0.6 is 0 Å². The van der Waals surface area contributed by atoms with Crippen LogP contribution in [0.25, 0.3) is 0 Å². The summed E-state index contributed by atoms with van der Waals surface area (Å²) in [5.74, 6) is 0.870. The van der Waals surface area contributed by atoms with Gasteiger partial charge in [0, 0.05) is 6.04 Å². The molecule has 1 saturated carbocycles. The molecule has 1 saturated heterocycles. The van der Waals surface area contributed by atoms with Crippen molar-refractivity contribution in [3.63, 3.8) is 0 Å². The summed E-state index contributed by atoms with van der Waals surface area (Å²) in [6.07, 6.45) is 6.38. The van der Waals surface area contributed by atoms with Crippen LogP contribution in [0.15, 0.2) is 0 Å². The van der Waals surface area contributed by atoms with Crippen LogP contribution in [0.2, 0.25) is 0 Å². The van der Waals surface area contributed by atoms with E-state index in [0.717, 1.165) is 18.8 Å². The molecule has 1 N–H and O–H groups in total. The fourth-order valence-corrected chi connectivity index (χ4v) is 3.44. The molecule has 108 valence electrons. The van der Waals surface area contributed by atoms with Crippen molar-refractivity contribution in [2.24, 2.45) is 5.92 Å². The Balaban J connectivity index is 2.17. The molecule has 1 aliphatic heterocycles. The van der Waals surface area contributed by atoms with E-state index < -0.39 is 0 Å². The topological polar surface area (TPSA) is 49.4 Å². The number of piperazine rings is 1. The summed E-state index contributed by atoms with van der Waals surface area (Å²) in [5.41, 5.74) is 0. The van der Waals surface area contributed by atoms with Crippen LogP contribution in [0.4, 0.5) is 0 Å². The van der Waals surface area contributed by atoms with Crippen LogP contribution in [-0.2, 0) is 9.59 Å². The van der Waals surface area contributed by atoms with E-state index in [1.807, 2.05) is 11.8 Å². The largest absolute Gasteiger partial charge is 0.343 e. The minimum Gasteiger partial charge on any atom is -0.343 e. The van der Waals surface area contributed by atoms with Gasteiger partial charge in [0.2, 0.25) is 11.8 Å². The van der Waals surface area contributed by atoms with Gasteiger partial charge in [-0.25, -0.2) is 0 Å². The molecule has 1 heterocycles. The van der Waals surface area contributed by atoms with Crippen LogP contribution in [0.1, 0.15) is 59.3 Å². The Kier molecular flexibility index (Phi) is 4.48. The van der Waals surface area contributed by atoms with Crippen LogP contribution < -0.4 is 5.32 Å². The number of hydrogen-bond acceptors (Lipinski definition) is 2. The summed E-state index contributed by atoms with van der Waals surface area (Å²) in [5, 5.41) is 2.79. The second-order valence-electron chi connectivity index (χ2n) is 6.17. The number of carbonyl (C=O) groups is 2. The van der Waals surface area contributed by atoms with E-state index in [0.29, 0.717) is 6.42 Å². The Hall–Kier alpha value is -1.06. The first-order chi connectivity index (χ1) is 9.04. The van der Waals surface area contributed by atoms with Crippen LogP contribution in [0, 0.1) is 5.92 Å². The number of amides is 2. The zero-order chi connectivity index (χ0) is 14.0. The van der Waals surface area contributed by atoms with Gasteiger partial charge in [0.15, 0.2) is 0 Å². The van der Waals surface area contributed by atoms with E-state index in [-0.39, 0.29) is 29.9 Å². The highest BCUT2D eigenvalue weighted by molar-refractivity contribution is 5.96. The number of nitrogens with one attached hydrogen (secondary N) is 1. The molecule has 0 radical (unpaired) electrons. The molecule has 0 aromatic rings. The summed E-state index contributed by atoms with van der Waals surface area (Å²) in [6, 6.07) is -0.367. The number of hydrogen-bond donors (Lipinski definition) is 1. The number of rotatable bonds is 2. The van der Waals surface area contributed by atoms with Gasteiger partial charge >= 0.3 is 0 Å². The van der Waals surface area contributed by atoms with E-state index >= 15 is 0 Å². The maximum absolute atomic E-state index is 12.4. The third kappa shape index (κ3) is 2.93. The third-order valence-corrected chi connectivity index (χ3v) is 4.63. The fourth-order valence-electron chi connectivity index (χ4n) is 3.44. The lowest BCUT2D eigenvalue weighted by atomic mass is 9.98. The van der Waals surface area contributed by atoms with Gasteiger partial charge in [0.25, 0.3) is 0 Å². The highest BCUT2D eigenvalue weighted by atomic mass is 16.2. The third-order valence-electron chi connectivity index (χ3n) is 4.63. The Morgan fingerprint density at radius 1 is 1.16 bits per heavy atom. The highest BCUT2D eigenvalue weighted by Gasteiger charge is 2.41. The normalized spacial score (nSPS) is 36.9. The molecular formula is C15H26N2O2. The molecule has 4 unspecified atom stereocenters. The summed E-state index contributed by atoms with van der Waals surface area (Å²) >= 11 is 0. The van der Waals surface area contributed by atoms with Crippen LogP contribution in [0.5, 0.6) is 0 Å². The molecule has 19 heavy (non-hydrogen) atoms. The maximum Gasteiger partial charge on any atom is 0.245 e. The predicted octanol–water partition coefficient (Wildman–Crippen LogP) is 2.08. The van der Waals surface area contributed by atoms with Crippen molar-refractivity contribution in [1.82, 2.24) is 10.2 Å². The van der Waals surface area contributed by atoms with Crippen molar-refractivity contribution in [3.05, 3.63) is 0 Å². The standard InChI is InChI=1S/C15H26N2O2/c1-4-13-14(18)16-11(3)15(19)17(13)12-7-5-6-10(2)8-9-12/h10-13H,4-9H2,1-3H3,(H,16,18). The van der Waals surface area contributed by atoms with E-state index in [1.165, 1.54) is 19.3 Å². The number of nitrogens with zero attached hydrogens (tertiary/aromatic N) is 1. The first-order valence-corrected chi connectivity index (χ1v) is 7.67. The Morgan fingerprint density at radius 2 is 1.89 bits per heavy atom. The highest BCUT2D eigenvalue weighted by Crippen LogP contribution is 2.29. The van der Waals surface area contributed by atoms with Gasteiger partial charge in [-0.05, 0) is 38.5 Å². The van der Waals surface area contributed by atoms with Crippen molar-refractivity contribution in [2.75, 3.05) is 0 Å². The van der Waals surface area contributed by atoms with Crippen molar-refractivity contribution >= 4 is 11.8 Å². The molecule has 4 nitrogen and oxygen atoms in total. The second-order valence-corrected chi connectivity index (χ2v) is 6.17. The summed E-state index contributed by atoms with van der Waals surface area (Å²) in [7, 11) is 0. The second kappa shape index (κ2) is 5.93. The van der Waals surface area contributed by atoms with Crippen molar-refractivity contribution < 1.29 is 9.59 Å². The van der Waals surface area contributed by atoms with E-state index in [1.54, 1.807) is 6.92 Å². The Bertz CT molecular complexity index is 356. The zero-order valence-corrected chi connectivity index (χ0v) is 12.3. The maximum atomic E-state index is 12.4. The average molecular weight is 266 g/mol. The van der Waals surface area contributed by atoms with Gasteiger partial charge in [0.05, 0.1) is 0 Å². The Morgan fingerprint density at radius 3 is 2.58 bits per heavy atom. The fraction of sp³-hybridized carbons (Fsp3) is 0.867. The smallest absolute Gasteiger partial charge is 0.245 e. The lowest BCUT2D eigenvalue weighted by molar-refractivity contribution is -0.152. The number of carbonyl (C=O) groups excluding carboxylic acids is 2. The van der Waals surface area contributed by atoms with Gasteiger partial charge in [0.1, 0.15) is 12.1 Å². The Labute approximate surface area is 115 Å². The SMILES string of the molecule is CCC1C(=O)NC(C)C(=O)N1C1CCCC(C)CC1. The first-order valence-electron chi connectivity index (χ1n) is 7.67. The molecule has 2 aliphatic rings. The zero-order valence-electron chi connectivity index (χ0n) is 12.3. The molecule has 2 rings (SSSR count). The van der Waals surface area contributed by atoms with Gasteiger partial charge in [-0.15, -0.1) is 0 Å². The first kappa shape index (κ1) is 14.4. The van der Waals surface area contributed by atoms with E-state index in [9.17, 15) is 9.59 Å². The van der Waals surface area contributed by atoms with Gasteiger partial charge < -0.3 is 10.2 Å². The average Bonchev–Trinajstić information content (AvgIpc) is 2.58. The summed E-state index contributed by atoms with van der Waals surface area (Å²) in [6.45, 7) is 6.06. The van der Waals surface area contributed by atoms with Gasteiger partial charge in [-0.3, -0.25) is 9.59 Å². The molecule has 0 spiro atoms. The van der Waals surface area contributed by atoms with E-state index in [2.05, 4.69) is 12.2 Å². The molecule has 4 atom stereocenters. The van der Waals surface area contributed by atoms with Crippen LogP contribution in [-0.4, -0.2) is 34.8 Å². The lowest BCUT2D eigenvalue weighted by Crippen LogP contribution is -2.64. The lowest BCUT2D eigenvalue weighted by Gasteiger charge is -2.42. The van der Waals surface area contributed by atoms with Crippen molar-refractivity contribution in [3.8, 4) is 0 Å². The molecule has 0 bridgehead atoms. The van der Waals surface area contributed by atoms with Crippen molar-refractivity contribution in [2.45, 2.75) is 77.4 Å². The summed E-state index contributed by atoms with van der Waals surface area (Å²) in [4.78, 5) is 26.4. The van der Waals surface area contributed by atoms with Gasteiger partial charge in [-0.2, -0.15) is 0 Å². The molecule has 1 aliphatic carbocycles. The van der Waals surface area contributed by atoms with Crippen LogP contribution in [0.3, 0.4) is 0 Å². The molecule has 2 fully saturated rings. The monoisotopic (exact) mass is 266 g/mol. The van der Waals surface area contributed by atoms with Gasteiger partial charge in [-0.1, -0.05) is 26.7 Å². The predicted molar refractivity (Wildman–Crippen MR) is 74.6 cm³/mol. The molecule has 0 aromatic heterocycles. The van der Waals surface area contributed by atoms with E-state index in [4.69, 9.17) is 0 Å². The summed E-state index contributed by atoms with van der Waals surface area (Å²) < 4.78 is 0. The molecule has 4 heteroatoms. The quantitative estimate of drug-likeness (QED) is 0.778. The molecular weight excluding hydrogens is 240 g/mol. The minimum atomic E-state index is -0.365. The molecule has 2 amide bonds. The van der Waals surface area contributed by atoms with Crippen molar-refractivity contribution in [1.29, 1.82) is 0 Å².